The summed E-state index contributed by atoms with van der Waals surface area (Å²) in [4.78, 5) is 27.1. The fraction of sp³-hybridized carbons (Fsp3) is 0.440. The molecule has 0 bridgehead atoms. The normalized spacial score (nSPS) is 16.0. The van der Waals surface area contributed by atoms with Gasteiger partial charge in [-0.1, -0.05) is 67.9 Å². The molecule has 2 aromatic rings. The highest BCUT2D eigenvalue weighted by atomic mass is 16.2. The fourth-order valence-electron chi connectivity index (χ4n) is 4.30. The van der Waals surface area contributed by atoms with Crippen LogP contribution in [0, 0.1) is 18.3 Å². The Morgan fingerprint density at radius 1 is 1.03 bits per heavy atom. The van der Waals surface area contributed by atoms with E-state index in [4.69, 9.17) is 0 Å². The minimum atomic E-state index is -0.451. The Morgan fingerprint density at radius 3 is 2.24 bits per heavy atom. The second-order valence-electron chi connectivity index (χ2n) is 8.58. The molecule has 0 saturated carbocycles. The van der Waals surface area contributed by atoms with Crippen molar-refractivity contribution in [2.24, 2.45) is 11.3 Å². The molecule has 1 heterocycles. The average molecular weight is 393 g/mol. The number of hydrogen-bond donors (Lipinski definition) is 1. The maximum atomic E-state index is 12.8. The van der Waals surface area contributed by atoms with Crippen molar-refractivity contribution >= 4 is 11.8 Å². The maximum absolute atomic E-state index is 12.8. The van der Waals surface area contributed by atoms with E-state index in [-0.39, 0.29) is 17.7 Å². The highest BCUT2D eigenvalue weighted by Crippen LogP contribution is 2.36. The van der Waals surface area contributed by atoms with Gasteiger partial charge in [-0.15, -0.1) is 0 Å². The lowest BCUT2D eigenvalue weighted by atomic mass is 9.72. The van der Waals surface area contributed by atoms with Crippen LogP contribution in [0.15, 0.2) is 48.5 Å². The van der Waals surface area contributed by atoms with Crippen LogP contribution in [0.3, 0.4) is 0 Å². The summed E-state index contributed by atoms with van der Waals surface area (Å²) in [5.74, 6) is 0.256. The van der Waals surface area contributed by atoms with Gasteiger partial charge in [0.2, 0.25) is 11.8 Å². The molecule has 0 radical (unpaired) electrons. The molecule has 1 aliphatic heterocycles. The van der Waals surface area contributed by atoms with Crippen molar-refractivity contribution in [3.05, 3.63) is 59.7 Å². The molecule has 0 unspecified atom stereocenters. The third-order valence-corrected chi connectivity index (χ3v) is 6.08. The van der Waals surface area contributed by atoms with Crippen LogP contribution < -0.4 is 5.32 Å². The summed E-state index contributed by atoms with van der Waals surface area (Å²) in [5.41, 5.74) is 4.34. The monoisotopic (exact) mass is 392 g/mol. The molecule has 0 aliphatic carbocycles. The first-order valence-corrected chi connectivity index (χ1v) is 10.5. The summed E-state index contributed by atoms with van der Waals surface area (Å²) in [5, 5.41) is 2.86. The van der Waals surface area contributed by atoms with Crippen LogP contribution in [0.1, 0.15) is 37.8 Å². The van der Waals surface area contributed by atoms with Crippen LogP contribution in [0.25, 0.3) is 11.1 Å². The van der Waals surface area contributed by atoms with Crippen LogP contribution in [-0.2, 0) is 16.0 Å². The summed E-state index contributed by atoms with van der Waals surface area (Å²) in [6.45, 7) is 7.25. The molecule has 0 aromatic heterocycles. The number of nitrogens with zero attached hydrogens (tertiary/aromatic N) is 1. The molecule has 1 saturated heterocycles. The van der Waals surface area contributed by atoms with Crippen LogP contribution in [0.5, 0.6) is 0 Å². The molecule has 4 nitrogen and oxygen atoms in total. The van der Waals surface area contributed by atoms with Gasteiger partial charge in [-0.05, 0) is 42.9 Å². The molecular formula is C25H32N2O2. The summed E-state index contributed by atoms with van der Waals surface area (Å²) in [6, 6.07) is 17.0. The first kappa shape index (κ1) is 21.1. The summed E-state index contributed by atoms with van der Waals surface area (Å²) < 4.78 is 0. The first-order chi connectivity index (χ1) is 13.8. The van der Waals surface area contributed by atoms with E-state index in [2.05, 4.69) is 60.8 Å². The molecular weight excluding hydrogens is 360 g/mol. The Morgan fingerprint density at radius 2 is 1.69 bits per heavy atom. The zero-order valence-electron chi connectivity index (χ0n) is 18.0. The number of benzene rings is 2. The van der Waals surface area contributed by atoms with E-state index in [0.717, 1.165) is 5.56 Å². The number of piperidine rings is 1. The fourth-order valence-corrected chi connectivity index (χ4v) is 4.30. The summed E-state index contributed by atoms with van der Waals surface area (Å²) >= 11 is 0. The zero-order valence-corrected chi connectivity index (χ0v) is 18.0. The van der Waals surface area contributed by atoms with Gasteiger partial charge in [-0.2, -0.15) is 0 Å². The molecule has 154 valence electrons. The summed E-state index contributed by atoms with van der Waals surface area (Å²) in [7, 11) is 1.70. The van der Waals surface area contributed by atoms with Crippen LogP contribution in [-0.4, -0.2) is 36.9 Å². The van der Waals surface area contributed by atoms with E-state index in [1.165, 1.54) is 16.7 Å². The topological polar surface area (TPSA) is 49.4 Å². The van der Waals surface area contributed by atoms with Gasteiger partial charge >= 0.3 is 0 Å². The molecule has 0 atom stereocenters. The van der Waals surface area contributed by atoms with Crippen molar-refractivity contribution in [3.8, 4) is 11.1 Å². The largest absolute Gasteiger partial charge is 0.359 e. The van der Waals surface area contributed by atoms with Crippen molar-refractivity contribution < 1.29 is 9.59 Å². The molecule has 1 aliphatic rings. The van der Waals surface area contributed by atoms with Crippen molar-refractivity contribution in [2.75, 3.05) is 20.1 Å². The molecule has 1 N–H and O–H groups in total. The van der Waals surface area contributed by atoms with Crippen LogP contribution >= 0.6 is 0 Å². The molecule has 2 amide bonds. The minimum Gasteiger partial charge on any atom is -0.359 e. The van der Waals surface area contributed by atoms with E-state index >= 15 is 0 Å². The molecule has 4 heteroatoms. The number of carbonyl (C=O) groups is 2. The molecule has 0 spiro atoms. The lowest BCUT2D eigenvalue weighted by Gasteiger charge is -2.41. The zero-order chi connectivity index (χ0) is 21.0. The van der Waals surface area contributed by atoms with E-state index in [9.17, 15) is 9.59 Å². The maximum Gasteiger partial charge on any atom is 0.226 e. The Balaban J connectivity index is 1.76. The predicted molar refractivity (Wildman–Crippen MR) is 117 cm³/mol. The van der Waals surface area contributed by atoms with Gasteiger partial charge in [0.15, 0.2) is 0 Å². The van der Waals surface area contributed by atoms with Gasteiger partial charge in [0.1, 0.15) is 0 Å². The lowest BCUT2D eigenvalue weighted by molar-refractivity contribution is -0.142. The van der Waals surface area contributed by atoms with Crippen molar-refractivity contribution in [2.45, 2.75) is 40.0 Å². The van der Waals surface area contributed by atoms with Crippen molar-refractivity contribution in [3.63, 3.8) is 0 Å². The number of amides is 2. The van der Waals surface area contributed by atoms with E-state index in [1.807, 2.05) is 18.7 Å². The molecule has 3 rings (SSSR count). The predicted octanol–water partition coefficient (Wildman–Crippen LogP) is 4.22. The Labute approximate surface area is 174 Å². The number of nitrogens with one attached hydrogen (secondary N) is 1. The summed E-state index contributed by atoms with van der Waals surface area (Å²) in [6.07, 6.45) is 2.10. The Hall–Kier alpha value is -2.62. The highest BCUT2D eigenvalue weighted by molar-refractivity contribution is 5.84. The Bertz CT molecular complexity index is 863. The van der Waals surface area contributed by atoms with E-state index in [0.29, 0.717) is 32.4 Å². The smallest absolute Gasteiger partial charge is 0.226 e. The van der Waals surface area contributed by atoms with Gasteiger partial charge < -0.3 is 10.2 Å². The van der Waals surface area contributed by atoms with E-state index < -0.39 is 5.41 Å². The third-order valence-electron chi connectivity index (χ3n) is 6.08. The molecule has 2 aromatic carbocycles. The van der Waals surface area contributed by atoms with Gasteiger partial charge in [0, 0.05) is 26.1 Å². The van der Waals surface area contributed by atoms with Crippen LogP contribution in [0.2, 0.25) is 0 Å². The van der Waals surface area contributed by atoms with Crippen molar-refractivity contribution in [1.82, 2.24) is 10.2 Å². The molecule has 1 fully saturated rings. The SMILES string of the molecule is CNC(=O)C1(Cc2ccc(-c3cccc(C)c3)cc2)CCN(C(=O)C(C)C)CC1. The number of carbonyl (C=O) groups excluding carboxylic acids is 2. The average Bonchev–Trinajstić information content (AvgIpc) is 2.73. The van der Waals surface area contributed by atoms with Gasteiger partial charge in [-0.3, -0.25) is 9.59 Å². The standard InChI is InChI=1S/C25H32N2O2/c1-18(2)23(28)27-14-12-25(13-15-27,24(29)26-4)17-20-8-10-21(11-9-20)22-7-5-6-19(3)16-22/h5-11,16,18H,12-15,17H2,1-4H3,(H,26,29). The van der Waals surface area contributed by atoms with Gasteiger partial charge in [-0.25, -0.2) is 0 Å². The first-order valence-electron chi connectivity index (χ1n) is 10.5. The molecule has 29 heavy (non-hydrogen) atoms. The second kappa shape index (κ2) is 8.81. The third kappa shape index (κ3) is 4.69. The quantitative estimate of drug-likeness (QED) is 0.828. The highest BCUT2D eigenvalue weighted by Gasteiger charge is 2.42. The number of likely N-dealkylation sites (tertiary alicyclic amines) is 1. The van der Waals surface area contributed by atoms with E-state index in [1.54, 1.807) is 7.05 Å². The Kier molecular flexibility index (Phi) is 6.41. The van der Waals surface area contributed by atoms with Crippen molar-refractivity contribution in [1.29, 1.82) is 0 Å². The second-order valence-corrected chi connectivity index (χ2v) is 8.58. The number of rotatable bonds is 5. The minimum absolute atomic E-state index is 0.00308. The van der Waals surface area contributed by atoms with Crippen LogP contribution in [0.4, 0.5) is 0 Å². The number of hydrogen-bond acceptors (Lipinski definition) is 2. The van der Waals surface area contributed by atoms with Gasteiger partial charge in [0.05, 0.1) is 5.41 Å². The lowest BCUT2D eigenvalue weighted by Crippen LogP contribution is -2.51. The van der Waals surface area contributed by atoms with Gasteiger partial charge in [0.25, 0.3) is 0 Å². The number of aryl methyl sites for hydroxylation is 1.